The first-order valence-corrected chi connectivity index (χ1v) is 4.55. The molecule has 0 amide bonds. The third-order valence-corrected chi connectivity index (χ3v) is 1.99. The second kappa shape index (κ2) is 7.15. The van der Waals surface area contributed by atoms with Gasteiger partial charge in [0.1, 0.15) is 0 Å². The van der Waals surface area contributed by atoms with Gasteiger partial charge in [-0.2, -0.15) is 0 Å². The van der Waals surface area contributed by atoms with E-state index in [0.29, 0.717) is 5.92 Å². The molecule has 0 aromatic rings. The normalized spacial score (nSPS) is 8.67. The maximum atomic E-state index is 3.75. The van der Waals surface area contributed by atoms with Crippen molar-refractivity contribution in [2.45, 2.75) is 48.5 Å². The molecule has 0 N–H and O–H groups in total. The molecule has 12 heavy (non-hydrogen) atoms. The molecule has 0 spiro atoms. The van der Waals surface area contributed by atoms with Crippen LogP contribution in [0.3, 0.4) is 0 Å². The van der Waals surface area contributed by atoms with E-state index in [2.05, 4.69) is 48.1 Å². The number of rotatable bonds is 1. The van der Waals surface area contributed by atoms with Crippen molar-refractivity contribution < 1.29 is 0 Å². The van der Waals surface area contributed by atoms with Crippen molar-refractivity contribution >= 4 is 0 Å². The quantitative estimate of drug-likeness (QED) is 0.503. The smallest absolute Gasteiger partial charge is 0.0266 e. The summed E-state index contributed by atoms with van der Waals surface area (Å²) in [7, 11) is 0. The van der Waals surface area contributed by atoms with Crippen molar-refractivity contribution in [2.75, 3.05) is 0 Å². The molecule has 0 saturated heterocycles. The molecule has 72 valence electrons. The summed E-state index contributed by atoms with van der Waals surface area (Å²) >= 11 is 0. The summed E-state index contributed by atoms with van der Waals surface area (Å²) in [5.74, 6) is 0.657. The van der Waals surface area contributed by atoms with E-state index < -0.39 is 0 Å². The molecular formula is C12H24. The highest BCUT2D eigenvalue weighted by Gasteiger charge is 1.87. The summed E-state index contributed by atoms with van der Waals surface area (Å²) in [5, 5.41) is 0. The minimum absolute atomic E-state index is 0.657. The second-order valence-corrected chi connectivity index (χ2v) is 4.00. The van der Waals surface area contributed by atoms with Gasteiger partial charge in [-0.05, 0) is 40.5 Å². The van der Waals surface area contributed by atoms with Crippen LogP contribution in [0.1, 0.15) is 48.5 Å². The van der Waals surface area contributed by atoms with Crippen LogP contribution in [0.25, 0.3) is 0 Å². The fourth-order valence-corrected chi connectivity index (χ4v) is 0. The highest BCUT2D eigenvalue weighted by molar-refractivity contribution is 5.02. The Morgan fingerprint density at radius 3 is 1.00 bits per heavy atom. The fraction of sp³-hybridized carbons (Fsp3) is 0.667. The molecular weight excluding hydrogens is 144 g/mol. The molecule has 0 aliphatic rings. The lowest BCUT2D eigenvalue weighted by molar-refractivity contribution is 0.773. The van der Waals surface area contributed by atoms with Crippen molar-refractivity contribution in [1.29, 1.82) is 0 Å². The van der Waals surface area contributed by atoms with Gasteiger partial charge in [0.2, 0.25) is 0 Å². The van der Waals surface area contributed by atoms with E-state index in [0.717, 1.165) is 0 Å². The molecule has 0 heterocycles. The number of allylic oxidation sites excluding steroid dienone is 3. The molecule has 0 saturated carbocycles. The lowest BCUT2D eigenvalue weighted by Gasteiger charge is -1.97. The highest BCUT2D eigenvalue weighted by atomic mass is 13.9. The Hall–Kier alpha value is -0.520. The Balaban J connectivity index is 0. The largest absolute Gasteiger partial charge is 0.0999 e. The maximum absolute atomic E-state index is 3.75. The van der Waals surface area contributed by atoms with Crippen LogP contribution in [-0.2, 0) is 0 Å². The molecule has 0 heteroatoms. The molecule has 0 atom stereocenters. The van der Waals surface area contributed by atoms with E-state index in [1.54, 1.807) is 0 Å². The summed E-state index contributed by atoms with van der Waals surface area (Å²) < 4.78 is 0. The van der Waals surface area contributed by atoms with Crippen LogP contribution in [0.2, 0.25) is 0 Å². The van der Waals surface area contributed by atoms with Crippen LogP contribution in [0, 0.1) is 5.92 Å². The number of hydrogen-bond acceptors (Lipinski definition) is 0. The minimum atomic E-state index is 0.657. The zero-order valence-electron chi connectivity index (χ0n) is 9.78. The summed E-state index contributed by atoms with van der Waals surface area (Å²) in [4.78, 5) is 0. The average Bonchev–Trinajstić information content (AvgIpc) is 1.88. The van der Waals surface area contributed by atoms with Gasteiger partial charge in [0.25, 0.3) is 0 Å². The van der Waals surface area contributed by atoms with Gasteiger partial charge in [-0.25, -0.2) is 0 Å². The van der Waals surface area contributed by atoms with Crippen molar-refractivity contribution in [3.8, 4) is 0 Å². The van der Waals surface area contributed by atoms with E-state index in [1.165, 1.54) is 16.7 Å². The first-order valence-electron chi connectivity index (χ1n) is 4.55. The van der Waals surface area contributed by atoms with E-state index in [4.69, 9.17) is 0 Å². The first kappa shape index (κ1) is 14.0. The van der Waals surface area contributed by atoms with E-state index in [-0.39, 0.29) is 0 Å². The van der Waals surface area contributed by atoms with Gasteiger partial charge >= 0.3 is 0 Å². The third-order valence-electron chi connectivity index (χ3n) is 1.99. The molecule has 0 radical (unpaired) electrons. The Labute approximate surface area is 78.4 Å². The van der Waals surface area contributed by atoms with Crippen LogP contribution in [0.4, 0.5) is 0 Å². The lowest BCUT2D eigenvalue weighted by atomic mass is 10.1. The molecule has 0 nitrogen and oxygen atoms in total. The van der Waals surface area contributed by atoms with Crippen molar-refractivity contribution in [1.82, 2.24) is 0 Å². The predicted octanol–water partition coefficient (Wildman–Crippen LogP) is 4.58. The minimum Gasteiger partial charge on any atom is -0.0999 e. The zero-order valence-corrected chi connectivity index (χ0v) is 9.78. The molecule has 0 aliphatic carbocycles. The first-order chi connectivity index (χ1) is 5.29. The fourth-order valence-electron chi connectivity index (χ4n) is 0. The molecule has 0 fully saturated rings. The lowest BCUT2D eigenvalue weighted by Crippen LogP contribution is -1.83. The van der Waals surface area contributed by atoms with E-state index in [9.17, 15) is 0 Å². The molecule has 0 bridgehead atoms. The predicted molar refractivity (Wildman–Crippen MR) is 59.4 cm³/mol. The van der Waals surface area contributed by atoms with Crippen LogP contribution in [0.15, 0.2) is 23.3 Å². The van der Waals surface area contributed by atoms with Crippen LogP contribution >= 0.6 is 0 Å². The summed E-state index contributed by atoms with van der Waals surface area (Å²) in [6, 6.07) is 0. The van der Waals surface area contributed by atoms with Crippen LogP contribution in [0.5, 0.6) is 0 Å². The maximum Gasteiger partial charge on any atom is -0.0266 e. The topological polar surface area (TPSA) is 0 Å². The van der Waals surface area contributed by atoms with Gasteiger partial charge in [-0.3, -0.25) is 0 Å². The SMILES string of the molecule is C=C(C)C(C)C.CC(C)=C(C)C. The van der Waals surface area contributed by atoms with Gasteiger partial charge in [-0.1, -0.05) is 37.1 Å². The monoisotopic (exact) mass is 168 g/mol. The third kappa shape index (κ3) is 12.2. The summed E-state index contributed by atoms with van der Waals surface area (Å²) in [6.07, 6.45) is 0. The van der Waals surface area contributed by atoms with Crippen molar-refractivity contribution in [3.63, 3.8) is 0 Å². The molecule has 0 aromatic heterocycles. The van der Waals surface area contributed by atoms with E-state index in [1.807, 2.05) is 6.92 Å². The van der Waals surface area contributed by atoms with Gasteiger partial charge in [0, 0.05) is 0 Å². The Kier molecular flexibility index (Phi) is 8.36. The van der Waals surface area contributed by atoms with Gasteiger partial charge in [-0.15, -0.1) is 0 Å². The Bertz CT molecular complexity index is 141. The zero-order chi connectivity index (χ0) is 10.3. The summed E-state index contributed by atoms with van der Waals surface area (Å²) in [6.45, 7) is 18.6. The molecule has 0 rings (SSSR count). The highest BCUT2D eigenvalue weighted by Crippen LogP contribution is 2.02. The Morgan fingerprint density at radius 2 is 1.00 bits per heavy atom. The molecule has 0 aliphatic heterocycles. The van der Waals surface area contributed by atoms with Crippen LogP contribution in [-0.4, -0.2) is 0 Å². The van der Waals surface area contributed by atoms with E-state index >= 15 is 0 Å². The Morgan fingerprint density at radius 1 is 0.833 bits per heavy atom. The molecule has 0 aromatic carbocycles. The van der Waals surface area contributed by atoms with Gasteiger partial charge < -0.3 is 0 Å². The average molecular weight is 168 g/mol. The summed E-state index contributed by atoms with van der Waals surface area (Å²) in [5.41, 5.74) is 4.11. The second-order valence-electron chi connectivity index (χ2n) is 4.00. The van der Waals surface area contributed by atoms with Crippen molar-refractivity contribution in [3.05, 3.63) is 23.3 Å². The van der Waals surface area contributed by atoms with Gasteiger partial charge in [0.05, 0.1) is 0 Å². The van der Waals surface area contributed by atoms with Crippen molar-refractivity contribution in [2.24, 2.45) is 5.92 Å². The van der Waals surface area contributed by atoms with Crippen LogP contribution < -0.4 is 0 Å². The number of hydrogen-bond donors (Lipinski definition) is 0. The molecule has 0 unspecified atom stereocenters. The van der Waals surface area contributed by atoms with Gasteiger partial charge in [0.15, 0.2) is 0 Å². The standard InChI is InChI=1S/2C6H12/c2*1-5(2)6(3)4/h1-4H3;6H,1H2,2-4H3.